The average Bonchev–Trinajstić information content (AvgIpc) is 2.60. The quantitative estimate of drug-likeness (QED) is 0.767. The van der Waals surface area contributed by atoms with Gasteiger partial charge < -0.3 is 15.8 Å². The Labute approximate surface area is 141 Å². The first-order chi connectivity index (χ1) is 11.7. The molecule has 2 aromatic carbocycles. The summed E-state index contributed by atoms with van der Waals surface area (Å²) in [4.78, 5) is 4.82. The summed E-state index contributed by atoms with van der Waals surface area (Å²) in [5.74, 6) is 0.848. The number of nitrogens with zero attached hydrogens (tertiary/aromatic N) is 1. The predicted molar refractivity (Wildman–Crippen MR) is 98.4 cm³/mol. The standard InChI is InChI=1S/C20H21N3O/c1-24-16-8-6-13(7-9-16)19-12-20(22-15-10-14(21)11-15)17-4-2-3-5-18(17)23-19/h2-9,12,14-15H,10-11,21H2,1H3,(H,22,23). The third-order valence-corrected chi connectivity index (χ3v) is 4.64. The Morgan fingerprint density at radius 2 is 1.83 bits per heavy atom. The van der Waals surface area contributed by atoms with E-state index in [1.54, 1.807) is 7.11 Å². The highest BCUT2D eigenvalue weighted by Crippen LogP contribution is 2.32. The first kappa shape index (κ1) is 15.0. The monoisotopic (exact) mass is 319 g/mol. The van der Waals surface area contributed by atoms with Crippen LogP contribution in [0.3, 0.4) is 0 Å². The van der Waals surface area contributed by atoms with Gasteiger partial charge in [0, 0.05) is 28.7 Å². The zero-order chi connectivity index (χ0) is 16.5. The van der Waals surface area contributed by atoms with E-state index in [-0.39, 0.29) is 0 Å². The van der Waals surface area contributed by atoms with Crippen LogP contribution in [-0.2, 0) is 0 Å². The molecule has 1 aliphatic carbocycles. The molecule has 1 saturated carbocycles. The van der Waals surface area contributed by atoms with Crippen molar-refractivity contribution >= 4 is 16.6 Å². The van der Waals surface area contributed by atoms with E-state index < -0.39 is 0 Å². The Balaban J connectivity index is 1.75. The van der Waals surface area contributed by atoms with Gasteiger partial charge in [0.1, 0.15) is 5.75 Å². The molecule has 0 atom stereocenters. The van der Waals surface area contributed by atoms with Gasteiger partial charge >= 0.3 is 0 Å². The molecule has 4 nitrogen and oxygen atoms in total. The number of anilines is 1. The molecule has 0 unspecified atom stereocenters. The summed E-state index contributed by atoms with van der Waals surface area (Å²) in [5, 5.41) is 4.79. The first-order valence-electron chi connectivity index (χ1n) is 8.29. The second-order valence-electron chi connectivity index (χ2n) is 6.37. The van der Waals surface area contributed by atoms with Crippen LogP contribution in [0, 0.1) is 0 Å². The molecule has 0 aliphatic heterocycles. The SMILES string of the molecule is COc1ccc(-c2cc(NC3CC(N)C3)c3ccccc3n2)cc1. The van der Waals surface area contributed by atoms with Gasteiger partial charge in [0.25, 0.3) is 0 Å². The molecule has 3 aromatic rings. The lowest BCUT2D eigenvalue weighted by molar-refractivity contribution is 0.374. The third kappa shape index (κ3) is 2.81. The van der Waals surface area contributed by atoms with Crippen LogP contribution in [-0.4, -0.2) is 24.2 Å². The van der Waals surface area contributed by atoms with E-state index in [4.69, 9.17) is 15.5 Å². The molecule has 1 aliphatic rings. The number of pyridine rings is 1. The van der Waals surface area contributed by atoms with E-state index >= 15 is 0 Å². The number of fused-ring (bicyclic) bond motifs is 1. The van der Waals surface area contributed by atoms with Gasteiger partial charge in [-0.15, -0.1) is 0 Å². The van der Waals surface area contributed by atoms with Crippen molar-refractivity contribution < 1.29 is 4.74 Å². The number of para-hydroxylation sites is 1. The fourth-order valence-electron chi connectivity index (χ4n) is 3.20. The van der Waals surface area contributed by atoms with E-state index in [1.165, 1.54) is 0 Å². The summed E-state index contributed by atoms with van der Waals surface area (Å²) >= 11 is 0. The highest BCUT2D eigenvalue weighted by Gasteiger charge is 2.26. The normalized spacial score (nSPS) is 19.8. The highest BCUT2D eigenvalue weighted by atomic mass is 16.5. The van der Waals surface area contributed by atoms with Crippen LogP contribution in [0.1, 0.15) is 12.8 Å². The van der Waals surface area contributed by atoms with Gasteiger partial charge in [0.2, 0.25) is 0 Å². The minimum absolute atomic E-state index is 0.330. The molecule has 3 N–H and O–H groups in total. The molecular weight excluding hydrogens is 298 g/mol. The molecule has 4 rings (SSSR count). The van der Waals surface area contributed by atoms with Gasteiger partial charge in [-0.2, -0.15) is 0 Å². The van der Waals surface area contributed by atoms with E-state index in [9.17, 15) is 0 Å². The second kappa shape index (κ2) is 6.13. The number of nitrogens with two attached hydrogens (primary N) is 1. The van der Waals surface area contributed by atoms with Crippen LogP contribution in [0.5, 0.6) is 5.75 Å². The number of benzene rings is 2. The molecule has 4 heteroatoms. The van der Waals surface area contributed by atoms with Crippen LogP contribution in [0.15, 0.2) is 54.6 Å². The number of aromatic nitrogens is 1. The van der Waals surface area contributed by atoms with Gasteiger partial charge in [-0.1, -0.05) is 18.2 Å². The summed E-state index contributed by atoms with van der Waals surface area (Å²) in [6.45, 7) is 0. The summed E-state index contributed by atoms with van der Waals surface area (Å²) in [7, 11) is 1.68. The van der Waals surface area contributed by atoms with Crippen molar-refractivity contribution in [3.63, 3.8) is 0 Å². The fourth-order valence-corrected chi connectivity index (χ4v) is 3.20. The molecule has 24 heavy (non-hydrogen) atoms. The Morgan fingerprint density at radius 1 is 1.08 bits per heavy atom. The molecule has 1 aromatic heterocycles. The number of nitrogens with one attached hydrogen (secondary N) is 1. The van der Waals surface area contributed by atoms with Gasteiger partial charge in [0.05, 0.1) is 18.3 Å². The number of ether oxygens (including phenoxy) is 1. The summed E-state index contributed by atoms with van der Waals surface area (Å²) in [6.07, 6.45) is 2.04. The van der Waals surface area contributed by atoms with Crippen molar-refractivity contribution in [3.05, 3.63) is 54.6 Å². The summed E-state index contributed by atoms with van der Waals surface area (Å²) in [5.41, 5.74) is 10.1. The van der Waals surface area contributed by atoms with E-state index in [2.05, 4.69) is 29.6 Å². The maximum Gasteiger partial charge on any atom is 0.118 e. The fraction of sp³-hybridized carbons (Fsp3) is 0.250. The van der Waals surface area contributed by atoms with Crippen molar-refractivity contribution in [3.8, 4) is 17.0 Å². The van der Waals surface area contributed by atoms with Crippen LogP contribution < -0.4 is 15.8 Å². The number of hydrogen-bond donors (Lipinski definition) is 2. The molecule has 0 amide bonds. The van der Waals surface area contributed by atoms with E-state index in [1.807, 2.05) is 30.3 Å². The minimum atomic E-state index is 0.330. The largest absolute Gasteiger partial charge is 0.497 e. The maximum atomic E-state index is 5.92. The van der Waals surface area contributed by atoms with E-state index in [0.717, 1.165) is 46.4 Å². The molecule has 0 radical (unpaired) electrons. The molecule has 1 fully saturated rings. The molecule has 1 heterocycles. The predicted octanol–water partition coefficient (Wildman–Crippen LogP) is 3.81. The lowest BCUT2D eigenvalue weighted by atomic mass is 9.87. The topological polar surface area (TPSA) is 60.2 Å². The Hall–Kier alpha value is -2.59. The zero-order valence-corrected chi connectivity index (χ0v) is 13.7. The lowest BCUT2D eigenvalue weighted by Gasteiger charge is -2.34. The van der Waals surface area contributed by atoms with Gasteiger partial charge in [0.15, 0.2) is 0 Å². The lowest BCUT2D eigenvalue weighted by Crippen LogP contribution is -2.44. The Morgan fingerprint density at radius 3 is 2.54 bits per heavy atom. The van der Waals surface area contributed by atoms with E-state index in [0.29, 0.717) is 12.1 Å². The number of rotatable bonds is 4. The minimum Gasteiger partial charge on any atom is -0.497 e. The van der Waals surface area contributed by atoms with Gasteiger partial charge in [-0.3, -0.25) is 0 Å². The third-order valence-electron chi connectivity index (χ3n) is 4.64. The Kier molecular flexibility index (Phi) is 3.82. The second-order valence-corrected chi connectivity index (χ2v) is 6.37. The summed E-state index contributed by atoms with van der Waals surface area (Å²) < 4.78 is 5.24. The van der Waals surface area contributed by atoms with Gasteiger partial charge in [-0.25, -0.2) is 4.98 Å². The van der Waals surface area contributed by atoms with Crippen molar-refractivity contribution in [2.75, 3.05) is 12.4 Å². The smallest absolute Gasteiger partial charge is 0.118 e. The average molecular weight is 319 g/mol. The molecule has 0 bridgehead atoms. The maximum absolute atomic E-state index is 5.92. The van der Waals surface area contributed by atoms with Gasteiger partial charge in [-0.05, 0) is 49.2 Å². The van der Waals surface area contributed by atoms with Crippen LogP contribution in [0.25, 0.3) is 22.2 Å². The Bertz CT molecular complexity index is 854. The number of methoxy groups -OCH3 is 1. The van der Waals surface area contributed by atoms with Crippen LogP contribution in [0.2, 0.25) is 0 Å². The molecular formula is C20H21N3O. The summed E-state index contributed by atoms with van der Waals surface area (Å²) in [6, 6.07) is 19.2. The zero-order valence-electron chi connectivity index (χ0n) is 13.7. The van der Waals surface area contributed by atoms with Crippen molar-refractivity contribution in [1.82, 2.24) is 4.98 Å². The van der Waals surface area contributed by atoms with Crippen LogP contribution in [0.4, 0.5) is 5.69 Å². The first-order valence-corrected chi connectivity index (χ1v) is 8.29. The molecule has 122 valence electrons. The molecule has 0 spiro atoms. The van der Waals surface area contributed by atoms with Crippen molar-refractivity contribution in [2.45, 2.75) is 24.9 Å². The molecule has 0 saturated heterocycles. The number of hydrogen-bond acceptors (Lipinski definition) is 4. The van der Waals surface area contributed by atoms with Crippen LogP contribution >= 0.6 is 0 Å². The van der Waals surface area contributed by atoms with Crippen molar-refractivity contribution in [1.29, 1.82) is 0 Å². The highest BCUT2D eigenvalue weighted by molar-refractivity contribution is 5.93. The van der Waals surface area contributed by atoms with Crippen molar-refractivity contribution in [2.24, 2.45) is 5.73 Å².